The van der Waals surface area contributed by atoms with Crippen LogP contribution in [0.15, 0.2) is 77.9 Å². The minimum Gasteiger partial charge on any atom is -0.450 e. The zero-order valence-corrected chi connectivity index (χ0v) is 22.5. The summed E-state index contributed by atoms with van der Waals surface area (Å²) < 4.78 is 24.3. The maximum Gasteiger partial charge on any atom is 0.259 e. The van der Waals surface area contributed by atoms with Gasteiger partial charge in [-0.1, -0.05) is 36.4 Å². The summed E-state index contributed by atoms with van der Waals surface area (Å²) in [6, 6.07) is 18.4. The fourth-order valence-corrected chi connectivity index (χ4v) is 5.91. The second-order valence-electron chi connectivity index (χ2n) is 10.7. The van der Waals surface area contributed by atoms with Crippen LogP contribution in [0.3, 0.4) is 0 Å². The molecule has 2 aromatic heterocycles. The van der Waals surface area contributed by atoms with Crippen LogP contribution in [0.4, 0.5) is 10.1 Å². The van der Waals surface area contributed by atoms with Crippen LogP contribution in [-0.4, -0.2) is 53.1 Å². The third-order valence-corrected chi connectivity index (χ3v) is 8.04. The number of ether oxygens (including phenoxy) is 1. The number of hydrogen-bond acceptors (Lipinski definition) is 6. The second-order valence-corrected chi connectivity index (χ2v) is 10.7. The molecule has 4 heterocycles. The topological polar surface area (TPSA) is 93.7 Å². The molecule has 9 heteroatoms. The average molecular weight is 550 g/mol. The molecule has 0 saturated carbocycles. The van der Waals surface area contributed by atoms with Gasteiger partial charge in [-0.05, 0) is 36.1 Å². The summed E-state index contributed by atoms with van der Waals surface area (Å²) in [5.41, 5.74) is 7.82. The Bertz CT molecular complexity index is 1910. The van der Waals surface area contributed by atoms with Crippen molar-refractivity contribution < 1.29 is 13.9 Å². The minimum absolute atomic E-state index is 0.0386. The van der Waals surface area contributed by atoms with Gasteiger partial charge in [0.15, 0.2) is 17.3 Å². The molecule has 8 nitrogen and oxygen atoms in total. The van der Waals surface area contributed by atoms with Crippen molar-refractivity contribution in [3.63, 3.8) is 0 Å². The lowest BCUT2D eigenvalue weighted by atomic mass is 10.0. The van der Waals surface area contributed by atoms with Crippen LogP contribution in [0.25, 0.3) is 27.4 Å². The van der Waals surface area contributed by atoms with Crippen molar-refractivity contribution in [2.45, 2.75) is 18.9 Å². The Balaban J connectivity index is 1.42. The van der Waals surface area contributed by atoms with E-state index in [1.165, 1.54) is 11.0 Å². The number of pyridine rings is 2. The summed E-state index contributed by atoms with van der Waals surface area (Å²) in [6.07, 6.45) is 4.54. The van der Waals surface area contributed by atoms with E-state index in [-0.39, 0.29) is 28.4 Å². The Labute approximate surface area is 235 Å². The van der Waals surface area contributed by atoms with Gasteiger partial charge < -0.3 is 24.8 Å². The fraction of sp³-hybridized carbons (Fsp3) is 0.219. The van der Waals surface area contributed by atoms with E-state index in [4.69, 9.17) is 10.5 Å². The zero-order valence-electron chi connectivity index (χ0n) is 22.5. The standard InChI is InChI=1S/C32H28FN5O3/c1-36(14-12-21-7-4-5-13-35-21)32(40)24-18-38-26-10-9-19-6-2-3-8-22(19)30(26)41-31-27(38)23(29(24)39)16-25(33)28(31)37-15-11-20(34)17-37/h2-10,13,16,18,20H,11-12,14-15,17,34H2,1H3/t20-/m1/s1. The lowest BCUT2D eigenvalue weighted by Crippen LogP contribution is -2.34. The van der Waals surface area contributed by atoms with E-state index in [0.29, 0.717) is 43.0 Å². The van der Waals surface area contributed by atoms with E-state index in [2.05, 4.69) is 4.98 Å². The number of fused-ring (bicyclic) bond motifs is 4. The van der Waals surface area contributed by atoms with Crippen molar-refractivity contribution in [3.05, 3.63) is 100 Å². The Morgan fingerprint density at radius 2 is 1.95 bits per heavy atom. The van der Waals surface area contributed by atoms with Crippen molar-refractivity contribution in [2.24, 2.45) is 5.73 Å². The lowest BCUT2D eigenvalue weighted by Gasteiger charge is -2.30. The molecule has 2 aliphatic rings. The third-order valence-electron chi connectivity index (χ3n) is 8.04. The SMILES string of the molecule is CN(CCc1ccccn1)C(=O)c1cn2c3c(c(N4CC[C@@H](N)C4)c(F)cc3c1=O)Oc1c-2ccc2ccccc12. The number of nitrogens with two attached hydrogens (primary N) is 1. The predicted octanol–water partition coefficient (Wildman–Crippen LogP) is 4.64. The molecule has 0 spiro atoms. The first-order valence-corrected chi connectivity index (χ1v) is 13.7. The van der Waals surface area contributed by atoms with Crippen molar-refractivity contribution in [1.29, 1.82) is 0 Å². The molecule has 1 saturated heterocycles. The van der Waals surface area contributed by atoms with E-state index >= 15 is 4.39 Å². The van der Waals surface area contributed by atoms with Crippen LogP contribution >= 0.6 is 0 Å². The Morgan fingerprint density at radius 1 is 1.12 bits per heavy atom. The summed E-state index contributed by atoms with van der Waals surface area (Å²) in [6.45, 7) is 1.42. The van der Waals surface area contributed by atoms with Crippen LogP contribution < -0.4 is 20.8 Å². The molecule has 7 rings (SSSR count). The number of benzene rings is 3. The molecule has 3 aromatic carbocycles. The van der Waals surface area contributed by atoms with Crippen LogP contribution in [0, 0.1) is 5.82 Å². The summed E-state index contributed by atoms with van der Waals surface area (Å²) in [5.74, 6) is -0.223. The summed E-state index contributed by atoms with van der Waals surface area (Å²) >= 11 is 0. The van der Waals surface area contributed by atoms with Gasteiger partial charge in [-0.15, -0.1) is 0 Å². The van der Waals surface area contributed by atoms with Gasteiger partial charge in [-0.25, -0.2) is 4.39 Å². The van der Waals surface area contributed by atoms with E-state index in [9.17, 15) is 9.59 Å². The van der Waals surface area contributed by atoms with Crippen molar-refractivity contribution >= 4 is 33.3 Å². The van der Waals surface area contributed by atoms with Crippen LogP contribution in [0.5, 0.6) is 11.5 Å². The third kappa shape index (κ3) is 4.12. The molecule has 5 aromatic rings. The minimum atomic E-state index is -0.581. The molecule has 1 amide bonds. The van der Waals surface area contributed by atoms with E-state index < -0.39 is 17.2 Å². The summed E-state index contributed by atoms with van der Waals surface area (Å²) in [5, 5.41) is 1.89. The van der Waals surface area contributed by atoms with Gasteiger partial charge in [0, 0.05) is 62.6 Å². The summed E-state index contributed by atoms with van der Waals surface area (Å²) in [4.78, 5) is 35.2. The largest absolute Gasteiger partial charge is 0.450 e. The highest BCUT2D eigenvalue weighted by molar-refractivity contribution is 6.03. The molecular weight excluding hydrogens is 521 g/mol. The summed E-state index contributed by atoms with van der Waals surface area (Å²) in [7, 11) is 1.65. The molecular formula is C32H28FN5O3. The number of amides is 1. The van der Waals surface area contributed by atoms with Crippen LogP contribution in [0.2, 0.25) is 0 Å². The first-order valence-electron chi connectivity index (χ1n) is 13.7. The molecule has 2 aliphatic heterocycles. The highest BCUT2D eigenvalue weighted by Gasteiger charge is 2.33. The number of carbonyl (C=O) groups excluding carboxylic acids is 1. The molecule has 2 N–H and O–H groups in total. The number of nitrogens with zero attached hydrogens (tertiary/aromatic N) is 4. The number of likely N-dealkylation sites (N-methyl/N-ethyl adjacent to an activating group) is 1. The fourth-order valence-electron chi connectivity index (χ4n) is 5.91. The van der Waals surface area contributed by atoms with Gasteiger partial charge in [-0.3, -0.25) is 14.6 Å². The van der Waals surface area contributed by atoms with Gasteiger partial charge in [0.1, 0.15) is 16.8 Å². The Kier molecular flexibility index (Phi) is 5.97. The number of aromatic nitrogens is 2. The normalized spacial score (nSPS) is 15.7. The number of rotatable bonds is 5. The number of carbonyl (C=O) groups is 1. The first kappa shape index (κ1) is 25.2. The Morgan fingerprint density at radius 3 is 2.73 bits per heavy atom. The van der Waals surface area contributed by atoms with E-state index in [1.54, 1.807) is 24.0 Å². The number of anilines is 1. The van der Waals surface area contributed by atoms with Crippen molar-refractivity contribution in [3.8, 4) is 17.2 Å². The molecule has 206 valence electrons. The van der Waals surface area contributed by atoms with E-state index in [0.717, 1.165) is 22.9 Å². The molecule has 0 unspecified atom stereocenters. The molecule has 0 radical (unpaired) electrons. The van der Waals surface area contributed by atoms with Gasteiger partial charge in [-0.2, -0.15) is 0 Å². The lowest BCUT2D eigenvalue weighted by molar-refractivity contribution is 0.0794. The quantitative estimate of drug-likeness (QED) is 0.337. The van der Waals surface area contributed by atoms with Crippen molar-refractivity contribution in [2.75, 3.05) is 31.6 Å². The zero-order chi connectivity index (χ0) is 28.2. The van der Waals surface area contributed by atoms with Crippen LogP contribution in [0.1, 0.15) is 22.5 Å². The smallest absolute Gasteiger partial charge is 0.259 e. The highest BCUT2D eigenvalue weighted by Crippen LogP contribution is 2.49. The second kappa shape index (κ2) is 9.71. The molecule has 1 atom stereocenters. The average Bonchev–Trinajstić information content (AvgIpc) is 3.42. The monoisotopic (exact) mass is 549 g/mol. The van der Waals surface area contributed by atoms with Gasteiger partial charge in [0.05, 0.1) is 11.1 Å². The van der Waals surface area contributed by atoms with Gasteiger partial charge in [0.25, 0.3) is 5.91 Å². The molecule has 41 heavy (non-hydrogen) atoms. The first-order chi connectivity index (χ1) is 19.9. The maximum atomic E-state index is 16.0. The number of halogens is 1. The van der Waals surface area contributed by atoms with Gasteiger partial charge in [0.2, 0.25) is 5.43 Å². The molecule has 1 fully saturated rings. The van der Waals surface area contributed by atoms with E-state index in [1.807, 2.05) is 59.5 Å². The van der Waals surface area contributed by atoms with Crippen molar-refractivity contribution in [1.82, 2.24) is 14.5 Å². The maximum absolute atomic E-state index is 16.0. The Hall–Kier alpha value is -4.76. The molecule has 0 aliphatic carbocycles. The van der Waals surface area contributed by atoms with Gasteiger partial charge >= 0.3 is 0 Å². The predicted molar refractivity (Wildman–Crippen MR) is 157 cm³/mol. The molecule has 0 bridgehead atoms. The van der Waals surface area contributed by atoms with Crippen LogP contribution in [-0.2, 0) is 6.42 Å². The number of hydrogen-bond donors (Lipinski definition) is 1. The highest BCUT2D eigenvalue weighted by atomic mass is 19.1.